The number of aliphatic hydroxyl groups is 3. The van der Waals surface area contributed by atoms with Crippen LogP contribution >= 0.6 is 0 Å². The summed E-state index contributed by atoms with van der Waals surface area (Å²) in [6.45, 7) is 1.37. The number of hydrogen-bond acceptors (Lipinski definition) is 8. The molecule has 3 N–H and O–H groups in total. The normalized spacial score (nSPS) is 27.7. The lowest BCUT2D eigenvalue weighted by Gasteiger charge is -2.40. The van der Waals surface area contributed by atoms with Crippen LogP contribution in [0.5, 0.6) is 0 Å². The summed E-state index contributed by atoms with van der Waals surface area (Å²) in [6.07, 6.45) is -7.10. The average Bonchev–Trinajstić information content (AvgIpc) is 2.72. The number of aryl methyl sites for hydroxylation is 1. The highest BCUT2D eigenvalue weighted by molar-refractivity contribution is 7.86. The molecule has 2 aromatic rings. The predicted molar refractivity (Wildman–Crippen MR) is 102 cm³/mol. The van der Waals surface area contributed by atoms with E-state index in [1.165, 1.54) is 12.1 Å². The summed E-state index contributed by atoms with van der Waals surface area (Å²) in [5.74, 6) is 0. The molecule has 8 nitrogen and oxygen atoms in total. The minimum atomic E-state index is -4.08. The Labute approximate surface area is 169 Å². The van der Waals surface area contributed by atoms with Crippen molar-refractivity contribution in [1.29, 1.82) is 0 Å². The summed E-state index contributed by atoms with van der Waals surface area (Å²) in [6, 6.07) is 15.2. The molecule has 0 unspecified atom stereocenters. The Hall–Kier alpha value is -1.85. The topological polar surface area (TPSA) is 123 Å². The molecule has 2 aromatic carbocycles. The van der Waals surface area contributed by atoms with Crippen LogP contribution in [0.2, 0.25) is 0 Å². The number of ether oxygens (including phenoxy) is 2. The third-order valence-corrected chi connectivity index (χ3v) is 5.92. The lowest BCUT2D eigenvalue weighted by molar-refractivity contribution is -0.302. The summed E-state index contributed by atoms with van der Waals surface area (Å²) in [5.41, 5.74) is 1.71. The molecular formula is C20H24O8S. The van der Waals surface area contributed by atoms with Crippen LogP contribution in [0.15, 0.2) is 59.5 Å². The van der Waals surface area contributed by atoms with Crippen molar-refractivity contribution in [3.05, 3.63) is 65.7 Å². The second kappa shape index (κ2) is 9.31. The molecule has 1 aliphatic heterocycles. The molecule has 0 aromatic heterocycles. The van der Waals surface area contributed by atoms with Gasteiger partial charge in [-0.05, 0) is 24.6 Å². The van der Waals surface area contributed by atoms with Crippen molar-refractivity contribution >= 4 is 10.1 Å². The summed E-state index contributed by atoms with van der Waals surface area (Å²) >= 11 is 0. The Bertz CT molecular complexity index is 884. The largest absolute Gasteiger partial charge is 0.387 e. The second-order valence-electron chi connectivity index (χ2n) is 6.86. The Morgan fingerprint density at radius 1 is 0.931 bits per heavy atom. The van der Waals surface area contributed by atoms with Gasteiger partial charge >= 0.3 is 0 Å². The SMILES string of the molecule is Cc1ccc(S(=O)(=O)OC[C@H]2O[C@@H](OCc3ccccc3)[C@H](O)[C@@H](O)[C@@H]2O)cc1. The average molecular weight is 424 g/mol. The number of benzene rings is 2. The number of aliphatic hydroxyl groups excluding tert-OH is 3. The maximum Gasteiger partial charge on any atom is 0.297 e. The van der Waals surface area contributed by atoms with E-state index < -0.39 is 47.4 Å². The van der Waals surface area contributed by atoms with E-state index >= 15 is 0 Å². The molecule has 1 saturated heterocycles. The van der Waals surface area contributed by atoms with E-state index in [-0.39, 0.29) is 11.5 Å². The molecule has 1 aliphatic rings. The van der Waals surface area contributed by atoms with Crippen molar-refractivity contribution in [3.8, 4) is 0 Å². The van der Waals surface area contributed by atoms with Gasteiger partial charge in [0.05, 0.1) is 18.1 Å². The van der Waals surface area contributed by atoms with Gasteiger partial charge < -0.3 is 24.8 Å². The van der Waals surface area contributed by atoms with Crippen molar-refractivity contribution in [2.45, 2.75) is 49.1 Å². The van der Waals surface area contributed by atoms with Gasteiger partial charge in [-0.2, -0.15) is 8.42 Å². The zero-order valence-electron chi connectivity index (χ0n) is 15.8. The quantitative estimate of drug-likeness (QED) is 0.556. The van der Waals surface area contributed by atoms with Crippen LogP contribution in [0.4, 0.5) is 0 Å². The van der Waals surface area contributed by atoms with Crippen LogP contribution in [0.3, 0.4) is 0 Å². The van der Waals surface area contributed by atoms with Crippen molar-refractivity contribution < 1.29 is 37.4 Å². The first-order chi connectivity index (χ1) is 13.8. The molecule has 0 bridgehead atoms. The van der Waals surface area contributed by atoms with E-state index in [2.05, 4.69) is 0 Å². The van der Waals surface area contributed by atoms with E-state index in [0.717, 1.165) is 11.1 Å². The van der Waals surface area contributed by atoms with E-state index in [1.807, 2.05) is 37.3 Å². The summed E-state index contributed by atoms with van der Waals surface area (Å²) in [7, 11) is -4.08. The molecule has 3 rings (SSSR count). The Morgan fingerprint density at radius 2 is 1.59 bits per heavy atom. The maximum atomic E-state index is 12.3. The first-order valence-corrected chi connectivity index (χ1v) is 10.5. The highest BCUT2D eigenvalue weighted by Crippen LogP contribution is 2.24. The van der Waals surface area contributed by atoms with Crippen LogP contribution in [0.1, 0.15) is 11.1 Å². The van der Waals surface area contributed by atoms with Crippen LogP contribution in [-0.4, -0.2) is 61.1 Å². The third kappa shape index (κ3) is 5.40. The number of hydrogen-bond donors (Lipinski definition) is 3. The lowest BCUT2D eigenvalue weighted by atomic mass is 9.99. The van der Waals surface area contributed by atoms with E-state index in [9.17, 15) is 23.7 Å². The monoisotopic (exact) mass is 424 g/mol. The van der Waals surface area contributed by atoms with Crippen LogP contribution in [0, 0.1) is 6.92 Å². The molecule has 5 atom stereocenters. The number of rotatable bonds is 7. The van der Waals surface area contributed by atoms with E-state index in [4.69, 9.17) is 13.7 Å². The van der Waals surface area contributed by atoms with Crippen LogP contribution < -0.4 is 0 Å². The second-order valence-corrected chi connectivity index (χ2v) is 8.48. The molecule has 0 saturated carbocycles. The standard InChI is InChI=1S/C20H24O8S/c1-13-7-9-15(10-8-13)29(24,25)27-12-16-17(21)18(22)19(23)20(28-16)26-11-14-5-3-2-4-6-14/h2-10,16-23H,11-12H2,1H3/t16-,17-,18+,19-,20-/m1/s1. The van der Waals surface area contributed by atoms with Gasteiger partial charge in [0.15, 0.2) is 6.29 Å². The highest BCUT2D eigenvalue weighted by atomic mass is 32.2. The summed E-state index contributed by atoms with van der Waals surface area (Å²) < 4.78 is 40.6. The fourth-order valence-electron chi connectivity index (χ4n) is 2.87. The molecule has 1 fully saturated rings. The molecule has 1 heterocycles. The fraction of sp³-hybridized carbons (Fsp3) is 0.400. The Morgan fingerprint density at radius 3 is 2.24 bits per heavy atom. The van der Waals surface area contributed by atoms with Gasteiger partial charge in [0.2, 0.25) is 0 Å². The molecule has 0 spiro atoms. The summed E-state index contributed by atoms with van der Waals surface area (Å²) in [5, 5.41) is 30.4. The third-order valence-electron chi connectivity index (χ3n) is 4.62. The van der Waals surface area contributed by atoms with Gasteiger partial charge in [-0.1, -0.05) is 48.0 Å². The molecule has 0 aliphatic carbocycles. The zero-order valence-corrected chi connectivity index (χ0v) is 16.6. The van der Waals surface area contributed by atoms with E-state index in [1.54, 1.807) is 12.1 Å². The van der Waals surface area contributed by atoms with Gasteiger partial charge in [0, 0.05) is 0 Å². The minimum Gasteiger partial charge on any atom is -0.387 e. The molecule has 0 amide bonds. The molecule has 0 radical (unpaired) electrons. The maximum absolute atomic E-state index is 12.3. The van der Waals surface area contributed by atoms with E-state index in [0.29, 0.717) is 0 Å². The van der Waals surface area contributed by atoms with Gasteiger partial charge in [-0.3, -0.25) is 4.18 Å². The van der Waals surface area contributed by atoms with Crippen LogP contribution in [0.25, 0.3) is 0 Å². The van der Waals surface area contributed by atoms with Crippen molar-refractivity contribution in [2.24, 2.45) is 0 Å². The fourth-order valence-corrected chi connectivity index (χ4v) is 3.79. The lowest BCUT2D eigenvalue weighted by Crippen LogP contribution is -2.59. The molecular weight excluding hydrogens is 400 g/mol. The summed E-state index contributed by atoms with van der Waals surface area (Å²) in [4.78, 5) is -0.0362. The predicted octanol–water partition coefficient (Wildman–Crippen LogP) is 0.725. The smallest absolute Gasteiger partial charge is 0.297 e. The molecule has 29 heavy (non-hydrogen) atoms. The molecule has 9 heteroatoms. The zero-order chi connectivity index (χ0) is 21.0. The highest BCUT2D eigenvalue weighted by Gasteiger charge is 2.44. The first kappa shape index (κ1) is 21.8. The van der Waals surface area contributed by atoms with Gasteiger partial charge in [0.25, 0.3) is 10.1 Å². The van der Waals surface area contributed by atoms with Gasteiger partial charge in [0.1, 0.15) is 24.4 Å². The van der Waals surface area contributed by atoms with Crippen molar-refractivity contribution in [3.63, 3.8) is 0 Å². The Balaban J connectivity index is 1.63. The molecule has 158 valence electrons. The van der Waals surface area contributed by atoms with Gasteiger partial charge in [-0.15, -0.1) is 0 Å². The Kier molecular flexibility index (Phi) is 7.01. The van der Waals surface area contributed by atoms with Gasteiger partial charge in [-0.25, -0.2) is 0 Å². The van der Waals surface area contributed by atoms with Crippen molar-refractivity contribution in [2.75, 3.05) is 6.61 Å². The minimum absolute atomic E-state index is 0.0362. The first-order valence-electron chi connectivity index (χ1n) is 9.09. The van der Waals surface area contributed by atoms with Crippen LogP contribution in [-0.2, 0) is 30.4 Å². The van der Waals surface area contributed by atoms with Crippen molar-refractivity contribution in [1.82, 2.24) is 0 Å².